The minimum absolute atomic E-state index is 0.0422. The lowest BCUT2D eigenvalue weighted by Gasteiger charge is -2.16. The van der Waals surface area contributed by atoms with Crippen molar-refractivity contribution in [2.75, 3.05) is 19.5 Å². The monoisotopic (exact) mass is 356 g/mol. The van der Waals surface area contributed by atoms with Gasteiger partial charge in [0.1, 0.15) is 17.1 Å². The van der Waals surface area contributed by atoms with E-state index in [4.69, 9.17) is 9.47 Å². The number of methoxy groups -OCH3 is 2. The largest absolute Gasteiger partial charge is 0.496 e. The molecule has 0 aliphatic rings. The van der Waals surface area contributed by atoms with Gasteiger partial charge in [-0.15, -0.1) is 0 Å². The number of carbonyl (C=O) groups is 2. The van der Waals surface area contributed by atoms with Crippen LogP contribution in [0.5, 0.6) is 11.5 Å². The van der Waals surface area contributed by atoms with Crippen LogP contribution in [0.15, 0.2) is 42.5 Å². The Labute approximate surface area is 153 Å². The first-order chi connectivity index (χ1) is 12.5. The Kier molecular flexibility index (Phi) is 6.60. The molecule has 0 aliphatic heterocycles. The number of para-hydroxylation sites is 1. The van der Waals surface area contributed by atoms with Gasteiger partial charge in [-0.3, -0.25) is 9.59 Å². The molecule has 1 atom stereocenters. The summed E-state index contributed by atoms with van der Waals surface area (Å²) in [5.74, 6) is 0.136. The van der Waals surface area contributed by atoms with E-state index in [0.29, 0.717) is 22.7 Å². The maximum absolute atomic E-state index is 12.8. The highest BCUT2D eigenvalue weighted by Crippen LogP contribution is 2.29. The van der Waals surface area contributed by atoms with Crippen LogP contribution in [0.4, 0.5) is 5.69 Å². The second-order valence-electron chi connectivity index (χ2n) is 5.82. The number of nitrogens with one attached hydrogen (secondary N) is 2. The summed E-state index contributed by atoms with van der Waals surface area (Å²) in [6.45, 7) is 3.92. The molecule has 6 heteroatoms. The molecule has 2 amide bonds. The van der Waals surface area contributed by atoms with Crippen LogP contribution in [0.3, 0.4) is 0 Å². The summed E-state index contributed by atoms with van der Waals surface area (Å²) in [5.41, 5.74) is 1.09. The number of hydrogen-bond acceptors (Lipinski definition) is 4. The molecule has 2 N–H and O–H groups in total. The van der Waals surface area contributed by atoms with Crippen molar-refractivity contribution in [3.8, 4) is 11.5 Å². The second kappa shape index (κ2) is 8.89. The van der Waals surface area contributed by atoms with Crippen molar-refractivity contribution < 1.29 is 19.1 Å². The van der Waals surface area contributed by atoms with Crippen molar-refractivity contribution >= 4 is 17.5 Å². The van der Waals surface area contributed by atoms with Gasteiger partial charge in [0.2, 0.25) is 0 Å². The Morgan fingerprint density at radius 1 is 0.962 bits per heavy atom. The topological polar surface area (TPSA) is 76.7 Å². The molecule has 0 aromatic heterocycles. The zero-order valence-electron chi connectivity index (χ0n) is 15.5. The van der Waals surface area contributed by atoms with Crippen molar-refractivity contribution in [2.24, 2.45) is 0 Å². The lowest BCUT2D eigenvalue weighted by molar-refractivity contribution is 0.0940. The van der Waals surface area contributed by atoms with Gasteiger partial charge in [-0.1, -0.05) is 25.1 Å². The van der Waals surface area contributed by atoms with Crippen LogP contribution in [0.1, 0.15) is 41.0 Å². The smallest absolute Gasteiger partial charge is 0.263 e. The van der Waals surface area contributed by atoms with Crippen molar-refractivity contribution in [2.45, 2.75) is 26.3 Å². The van der Waals surface area contributed by atoms with Gasteiger partial charge >= 0.3 is 0 Å². The number of amides is 2. The number of rotatable bonds is 7. The highest BCUT2D eigenvalue weighted by molar-refractivity contribution is 6.11. The zero-order valence-corrected chi connectivity index (χ0v) is 15.5. The maximum Gasteiger partial charge on any atom is 0.263 e. The molecule has 0 radical (unpaired) electrons. The third-order valence-electron chi connectivity index (χ3n) is 4.06. The Balaban J connectivity index is 2.33. The Morgan fingerprint density at radius 3 is 2.15 bits per heavy atom. The van der Waals surface area contributed by atoms with Crippen molar-refractivity contribution in [3.05, 3.63) is 53.6 Å². The van der Waals surface area contributed by atoms with E-state index in [-0.39, 0.29) is 17.5 Å². The van der Waals surface area contributed by atoms with E-state index in [1.807, 2.05) is 13.8 Å². The summed E-state index contributed by atoms with van der Waals surface area (Å²) < 4.78 is 10.5. The molecule has 2 rings (SSSR count). The van der Waals surface area contributed by atoms with Crippen LogP contribution in [-0.4, -0.2) is 32.1 Å². The fraction of sp³-hybridized carbons (Fsp3) is 0.300. The highest BCUT2D eigenvalue weighted by Gasteiger charge is 2.20. The lowest BCUT2D eigenvalue weighted by Crippen LogP contribution is -2.32. The quantitative estimate of drug-likeness (QED) is 0.796. The van der Waals surface area contributed by atoms with Gasteiger partial charge in [0.05, 0.1) is 25.5 Å². The molecule has 0 unspecified atom stereocenters. The first-order valence-electron chi connectivity index (χ1n) is 8.44. The van der Waals surface area contributed by atoms with E-state index in [1.54, 1.807) is 42.5 Å². The molecule has 0 spiro atoms. The molecule has 0 aliphatic carbocycles. The summed E-state index contributed by atoms with van der Waals surface area (Å²) in [6.07, 6.45) is 0.818. The molecule has 138 valence electrons. The van der Waals surface area contributed by atoms with E-state index in [2.05, 4.69) is 10.6 Å². The summed E-state index contributed by atoms with van der Waals surface area (Å²) in [4.78, 5) is 25.3. The van der Waals surface area contributed by atoms with Crippen molar-refractivity contribution in [1.29, 1.82) is 0 Å². The number of hydrogen-bond donors (Lipinski definition) is 2. The fourth-order valence-electron chi connectivity index (χ4n) is 2.45. The van der Waals surface area contributed by atoms with E-state index in [1.165, 1.54) is 14.2 Å². The zero-order chi connectivity index (χ0) is 19.1. The molecule has 0 saturated carbocycles. The number of carbonyl (C=O) groups excluding carboxylic acids is 2. The third-order valence-corrected chi connectivity index (χ3v) is 4.06. The minimum Gasteiger partial charge on any atom is -0.496 e. The Morgan fingerprint density at radius 2 is 1.58 bits per heavy atom. The molecule has 0 heterocycles. The number of anilines is 1. The summed E-state index contributed by atoms with van der Waals surface area (Å²) in [5, 5.41) is 5.69. The third kappa shape index (κ3) is 4.33. The van der Waals surface area contributed by atoms with Crippen LogP contribution in [0.2, 0.25) is 0 Å². The first-order valence-corrected chi connectivity index (χ1v) is 8.44. The van der Waals surface area contributed by atoms with Gasteiger partial charge < -0.3 is 20.1 Å². The van der Waals surface area contributed by atoms with Gasteiger partial charge in [-0.25, -0.2) is 0 Å². The molecular formula is C20H24N2O4. The van der Waals surface area contributed by atoms with Gasteiger partial charge in [-0.2, -0.15) is 0 Å². The average molecular weight is 356 g/mol. The Hall–Kier alpha value is -3.02. The summed E-state index contributed by atoms with van der Waals surface area (Å²) in [7, 11) is 2.97. The first kappa shape index (κ1) is 19.3. The van der Waals surface area contributed by atoms with E-state index < -0.39 is 5.91 Å². The number of ether oxygens (including phenoxy) is 2. The predicted molar refractivity (Wildman–Crippen MR) is 101 cm³/mol. The van der Waals surface area contributed by atoms with Gasteiger partial charge in [0.25, 0.3) is 11.8 Å². The van der Waals surface area contributed by atoms with E-state index >= 15 is 0 Å². The maximum atomic E-state index is 12.8. The molecule has 0 bridgehead atoms. The van der Waals surface area contributed by atoms with Crippen LogP contribution in [0.25, 0.3) is 0 Å². The van der Waals surface area contributed by atoms with Gasteiger partial charge in [0.15, 0.2) is 0 Å². The molecule has 0 saturated heterocycles. The molecule has 0 fully saturated rings. The molecular weight excluding hydrogens is 332 g/mol. The Bertz CT molecular complexity index is 767. The predicted octanol–water partition coefficient (Wildman–Crippen LogP) is 3.48. The molecule has 26 heavy (non-hydrogen) atoms. The normalized spacial score (nSPS) is 11.4. The van der Waals surface area contributed by atoms with Crippen LogP contribution in [-0.2, 0) is 0 Å². The van der Waals surface area contributed by atoms with Crippen LogP contribution >= 0.6 is 0 Å². The van der Waals surface area contributed by atoms with Crippen molar-refractivity contribution in [3.63, 3.8) is 0 Å². The molecule has 2 aromatic carbocycles. The highest BCUT2D eigenvalue weighted by atomic mass is 16.5. The lowest BCUT2D eigenvalue weighted by atomic mass is 10.1. The van der Waals surface area contributed by atoms with Gasteiger partial charge in [0, 0.05) is 6.04 Å². The summed E-state index contributed by atoms with van der Waals surface area (Å²) >= 11 is 0. The van der Waals surface area contributed by atoms with E-state index in [0.717, 1.165) is 6.42 Å². The average Bonchev–Trinajstić information content (AvgIpc) is 2.67. The van der Waals surface area contributed by atoms with E-state index in [9.17, 15) is 9.59 Å². The van der Waals surface area contributed by atoms with Crippen LogP contribution in [0, 0.1) is 0 Å². The van der Waals surface area contributed by atoms with Crippen molar-refractivity contribution in [1.82, 2.24) is 5.32 Å². The van der Waals surface area contributed by atoms with Gasteiger partial charge in [-0.05, 0) is 37.6 Å². The second-order valence-corrected chi connectivity index (χ2v) is 5.82. The fourth-order valence-corrected chi connectivity index (χ4v) is 2.45. The number of benzene rings is 2. The standard InChI is InChI=1S/C20H24N2O4/c1-5-13(2)21-19(23)14-9-6-7-10-15(14)22-20(24)18-16(25-3)11-8-12-17(18)26-4/h6-13H,5H2,1-4H3,(H,21,23)(H,22,24)/t13-/m0/s1. The summed E-state index contributed by atoms with van der Waals surface area (Å²) in [6, 6.07) is 12.0. The SMILES string of the molecule is CC[C@H](C)NC(=O)c1ccccc1NC(=O)c1c(OC)cccc1OC. The molecule has 6 nitrogen and oxygen atoms in total. The van der Waals surface area contributed by atoms with Crippen LogP contribution < -0.4 is 20.1 Å². The molecule has 2 aromatic rings. The minimum atomic E-state index is -0.414.